The summed E-state index contributed by atoms with van der Waals surface area (Å²) in [6, 6.07) is 0. The van der Waals surface area contributed by atoms with Gasteiger partial charge in [-0.3, -0.25) is 0 Å². The van der Waals surface area contributed by atoms with E-state index in [0.717, 1.165) is 13.2 Å². The molecule has 0 bridgehead atoms. The van der Waals surface area contributed by atoms with Crippen molar-refractivity contribution in [3.63, 3.8) is 0 Å². The molecule has 0 amide bonds. The van der Waals surface area contributed by atoms with Gasteiger partial charge in [-0.05, 0) is 51.4 Å². The van der Waals surface area contributed by atoms with Crippen LogP contribution in [0, 0.1) is 0 Å². The van der Waals surface area contributed by atoms with Crippen LogP contribution in [0.4, 0.5) is 0 Å². The molecule has 0 saturated heterocycles. The molecule has 21 heavy (non-hydrogen) atoms. The minimum Gasteiger partial charge on any atom is -0.421 e. The van der Waals surface area contributed by atoms with E-state index in [9.17, 15) is 0 Å². The topological polar surface area (TPSA) is 18.5 Å². The molecule has 0 saturated carbocycles. The van der Waals surface area contributed by atoms with Crippen LogP contribution in [0.25, 0.3) is 0 Å². The molecule has 0 atom stereocenters. The standard InChI is InChI=1S/C18H32O2Si/c1-19-14-15-20-21-18(16-10-6-2-3-7-11-16)17-12-8-4-5-9-13-17/h10,12,18H,2-9,11,13-15,21H2,1H3. The van der Waals surface area contributed by atoms with E-state index >= 15 is 0 Å². The molecular weight excluding hydrogens is 276 g/mol. The average molecular weight is 309 g/mol. The number of methoxy groups -OCH3 is 1. The number of rotatable bonds is 7. The van der Waals surface area contributed by atoms with Crippen molar-refractivity contribution in [3.8, 4) is 0 Å². The Labute approximate surface area is 132 Å². The van der Waals surface area contributed by atoms with E-state index in [0.29, 0.717) is 5.54 Å². The van der Waals surface area contributed by atoms with Gasteiger partial charge in [-0.25, -0.2) is 0 Å². The van der Waals surface area contributed by atoms with Gasteiger partial charge >= 0.3 is 0 Å². The van der Waals surface area contributed by atoms with E-state index in [1.807, 2.05) is 0 Å². The van der Waals surface area contributed by atoms with Gasteiger partial charge < -0.3 is 9.16 Å². The molecule has 2 nitrogen and oxygen atoms in total. The molecule has 3 heteroatoms. The lowest BCUT2D eigenvalue weighted by molar-refractivity contribution is 0.148. The van der Waals surface area contributed by atoms with Gasteiger partial charge in [0.1, 0.15) is 0 Å². The molecule has 120 valence electrons. The lowest BCUT2D eigenvalue weighted by atomic mass is 9.97. The highest BCUT2D eigenvalue weighted by Crippen LogP contribution is 2.36. The Balaban J connectivity index is 2.01. The summed E-state index contributed by atoms with van der Waals surface area (Å²) in [4.78, 5) is 0. The van der Waals surface area contributed by atoms with Gasteiger partial charge in [-0.1, -0.05) is 36.1 Å². The predicted octanol–water partition coefficient (Wildman–Crippen LogP) is 4.30. The second kappa shape index (κ2) is 10.4. The summed E-state index contributed by atoms with van der Waals surface area (Å²) < 4.78 is 11.2. The van der Waals surface area contributed by atoms with Crippen LogP contribution in [0.5, 0.6) is 0 Å². The summed E-state index contributed by atoms with van der Waals surface area (Å²) in [5.74, 6) is 0. The molecule has 0 aromatic carbocycles. The molecular formula is C18H32O2Si. The van der Waals surface area contributed by atoms with Crippen molar-refractivity contribution in [2.24, 2.45) is 0 Å². The van der Waals surface area contributed by atoms with Gasteiger partial charge in [0.15, 0.2) is 9.76 Å². The maximum Gasteiger partial charge on any atom is 0.172 e. The second-order valence-electron chi connectivity index (χ2n) is 6.38. The lowest BCUT2D eigenvalue weighted by Gasteiger charge is -2.23. The summed E-state index contributed by atoms with van der Waals surface area (Å²) in [5, 5.41) is 0. The van der Waals surface area contributed by atoms with Crippen LogP contribution in [-0.2, 0) is 9.16 Å². The van der Waals surface area contributed by atoms with E-state index < -0.39 is 9.76 Å². The van der Waals surface area contributed by atoms with Gasteiger partial charge in [-0.2, -0.15) is 0 Å². The Morgan fingerprint density at radius 3 is 2.10 bits per heavy atom. The highest BCUT2D eigenvalue weighted by atomic mass is 28.2. The first kappa shape index (κ1) is 17.0. The quantitative estimate of drug-likeness (QED) is 0.396. The predicted molar refractivity (Wildman–Crippen MR) is 92.5 cm³/mol. The van der Waals surface area contributed by atoms with Crippen LogP contribution in [-0.4, -0.2) is 30.1 Å². The summed E-state index contributed by atoms with van der Waals surface area (Å²) in [6.07, 6.45) is 18.6. The van der Waals surface area contributed by atoms with Crippen molar-refractivity contribution in [1.82, 2.24) is 0 Å². The van der Waals surface area contributed by atoms with Gasteiger partial charge in [-0.15, -0.1) is 0 Å². The third-order valence-corrected chi connectivity index (χ3v) is 6.67. The van der Waals surface area contributed by atoms with E-state index in [1.54, 1.807) is 18.3 Å². The highest BCUT2D eigenvalue weighted by Gasteiger charge is 2.21. The lowest BCUT2D eigenvalue weighted by Crippen LogP contribution is -2.16. The minimum atomic E-state index is -0.532. The van der Waals surface area contributed by atoms with E-state index in [4.69, 9.17) is 9.16 Å². The number of hydrogen-bond donors (Lipinski definition) is 0. The molecule has 2 aliphatic rings. The molecule has 0 aromatic heterocycles. The first-order chi connectivity index (χ1) is 10.4. The van der Waals surface area contributed by atoms with Crippen molar-refractivity contribution in [2.45, 2.75) is 69.7 Å². The normalized spacial score (nSPS) is 21.2. The summed E-state index contributed by atoms with van der Waals surface area (Å²) in [5.41, 5.74) is 4.10. The third kappa shape index (κ3) is 6.09. The fourth-order valence-electron chi connectivity index (χ4n) is 3.51. The Kier molecular flexibility index (Phi) is 8.38. The zero-order chi connectivity index (χ0) is 14.8. The van der Waals surface area contributed by atoms with Gasteiger partial charge in [0.05, 0.1) is 13.2 Å². The Bertz CT molecular complexity index is 321. The van der Waals surface area contributed by atoms with Crippen molar-refractivity contribution in [2.75, 3.05) is 20.3 Å². The van der Waals surface area contributed by atoms with Crippen LogP contribution in [0.3, 0.4) is 0 Å². The molecule has 0 unspecified atom stereocenters. The number of hydrogen-bond acceptors (Lipinski definition) is 2. The van der Waals surface area contributed by atoms with Crippen molar-refractivity contribution >= 4 is 9.76 Å². The van der Waals surface area contributed by atoms with Crippen LogP contribution in [0.15, 0.2) is 23.3 Å². The number of ether oxygens (including phenoxy) is 1. The van der Waals surface area contributed by atoms with Gasteiger partial charge in [0.25, 0.3) is 0 Å². The highest BCUT2D eigenvalue weighted by molar-refractivity contribution is 6.32. The SMILES string of the molecule is COCCO[SiH2]C(C1=CCCCCC1)C1=CCCCCC1. The second-order valence-corrected chi connectivity index (χ2v) is 7.94. The summed E-state index contributed by atoms with van der Waals surface area (Å²) in [6.45, 7) is 1.51. The number of allylic oxidation sites excluding steroid dienone is 4. The molecule has 0 N–H and O–H groups in total. The molecule has 0 fully saturated rings. The van der Waals surface area contributed by atoms with Crippen molar-refractivity contribution in [3.05, 3.63) is 23.3 Å². The molecule has 0 spiro atoms. The van der Waals surface area contributed by atoms with Gasteiger partial charge in [0, 0.05) is 12.7 Å². The Morgan fingerprint density at radius 2 is 1.52 bits per heavy atom. The molecule has 0 aromatic rings. The molecule has 2 rings (SSSR count). The van der Waals surface area contributed by atoms with Gasteiger partial charge in [0.2, 0.25) is 0 Å². The Hall–Kier alpha value is -0.383. The largest absolute Gasteiger partial charge is 0.421 e. The molecule has 0 aliphatic heterocycles. The van der Waals surface area contributed by atoms with Crippen LogP contribution < -0.4 is 0 Å². The summed E-state index contributed by atoms with van der Waals surface area (Å²) in [7, 11) is 1.22. The zero-order valence-corrected chi connectivity index (χ0v) is 15.2. The van der Waals surface area contributed by atoms with Crippen molar-refractivity contribution < 1.29 is 9.16 Å². The molecule has 0 radical (unpaired) electrons. The van der Waals surface area contributed by atoms with E-state index in [-0.39, 0.29) is 0 Å². The van der Waals surface area contributed by atoms with Crippen LogP contribution >= 0.6 is 0 Å². The average Bonchev–Trinajstić information content (AvgIpc) is 2.92. The fraction of sp³-hybridized carbons (Fsp3) is 0.778. The smallest absolute Gasteiger partial charge is 0.172 e. The first-order valence-corrected chi connectivity index (χ1v) is 10.3. The molecule has 2 aliphatic carbocycles. The third-order valence-electron chi connectivity index (χ3n) is 4.76. The van der Waals surface area contributed by atoms with Crippen LogP contribution in [0.1, 0.15) is 64.2 Å². The fourth-order valence-corrected chi connectivity index (χ4v) is 5.20. The first-order valence-electron chi connectivity index (χ1n) is 8.86. The van der Waals surface area contributed by atoms with E-state index in [2.05, 4.69) is 12.2 Å². The molecule has 0 heterocycles. The monoisotopic (exact) mass is 308 g/mol. The zero-order valence-electron chi connectivity index (χ0n) is 13.7. The van der Waals surface area contributed by atoms with Crippen molar-refractivity contribution in [1.29, 1.82) is 0 Å². The Morgan fingerprint density at radius 1 is 0.905 bits per heavy atom. The van der Waals surface area contributed by atoms with E-state index in [1.165, 1.54) is 64.2 Å². The minimum absolute atomic E-state index is 0.532. The van der Waals surface area contributed by atoms with Crippen LogP contribution in [0.2, 0.25) is 5.54 Å². The summed E-state index contributed by atoms with van der Waals surface area (Å²) >= 11 is 0. The maximum atomic E-state index is 6.06. The maximum absolute atomic E-state index is 6.06.